The highest BCUT2D eigenvalue weighted by molar-refractivity contribution is 7.16. The van der Waals surface area contributed by atoms with Gasteiger partial charge in [-0.25, -0.2) is 4.98 Å². The summed E-state index contributed by atoms with van der Waals surface area (Å²) in [5.41, 5.74) is 0.342. The van der Waals surface area contributed by atoms with Crippen molar-refractivity contribution in [1.29, 1.82) is 0 Å². The van der Waals surface area contributed by atoms with Gasteiger partial charge in [0.05, 0.1) is 11.8 Å². The van der Waals surface area contributed by atoms with Gasteiger partial charge in [-0.05, 0) is 26.2 Å². The van der Waals surface area contributed by atoms with E-state index >= 15 is 0 Å². The van der Waals surface area contributed by atoms with Crippen LogP contribution in [0.2, 0.25) is 0 Å². The number of nitrogens with one attached hydrogen (secondary N) is 1. The van der Waals surface area contributed by atoms with E-state index in [1.165, 1.54) is 21.9 Å². The lowest BCUT2D eigenvalue weighted by molar-refractivity contribution is -0.165. The van der Waals surface area contributed by atoms with Crippen molar-refractivity contribution in [2.24, 2.45) is 0 Å². The van der Waals surface area contributed by atoms with Crippen LogP contribution in [0.1, 0.15) is 30.0 Å². The summed E-state index contributed by atoms with van der Waals surface area (Å²) in [5, 5.41) is 8.00. The van der Waals surface area contributed by atoms with Crippen LogP contribution in [-0.4, -0.2) is 33.4 Å². The monoisotopic (exact) mass is 330 g/mol. The molecule has 3 rings (SSSR count). The third-order valence-electron chi connectivity index (χ3n) is 3.67. The second-order valence-corrected chi connectivity index (χ2v) is 6.41. The molecule has 9 heteroatoms. The minimum Gasteiger partial charge on any atom is -0.318 e. The van der Waals surface area contributed by atoms with Gasteiger partial charge in [-0.1, -0.05) is 11.3 Å². The van der Waals surface area contributed by atoms with Crippen LogP contribution < -0.4 is 10.9 Å². The minimum absolute atomic E-state index is 0.141. The van der Waals surface area contributed by atoms with Crippen LogP contribution in [0.3, 0.4) is 0 Å². The van der Waals surface area contributed by atoms with Crippen molar-refractivity contribution in [2.45, 2.75) is 51.5 Å². The van der Waals surface area contributed by atoms with Gasteiger partial charge in [-0.3, -0.25) is 4.79 Å². The molecule has 0 aromatic carbocycles. The molecular formula is C13H16F2N4O2S. The molecule has 2 heterocycles. The van der Waals surface area contributed by atoms with E-state index in [-0.39, 0.29) is 11.6 Å². The first-order valence-corrected chi connectivity index (χ1v) is 7.88. The Morgan fingerprint density at radius 1 is 1.55 bits per heavy atom. The summed E-state index contributed by atoms with van der Waals surface area (Å²) in [5.74, 6) is 0. The molecular weight excluding hydrogens is 314 g/mol. The Balaban J connectivity index is 1.69. The molecule has 6 nitrogen and oxygen atoms in total. The molecule has 1 saturated carbocycles. The minimum atomic E-state index is -2.76. The number of rotatable bonds is 5. The molecule has 1 fully saturated rings. The molecule has 1 aliphatic rings. The zero-order valence-corrected chi connectivity index (χ0v) is 12.8. The van der Waals surface area contributed by atoms with Crippen LogP contribution in [0.15, 0.2) is 10.9 Å². The lowest BCUT2D eigenvalue weighted by atomic mass is 10.2. The summed E-state index contributed by atoms with van der Waals surface area (Å²) >= 11 is 1.34. The molecule has 0 spiro atoms. The first kappa shape index (κ1) is 15.4. The number of aromatic nitrogens is 3. The summed E-state index contributed by atoms with van der Waals surface area (Å²) in [6.07, 6.45) is 1.75. The van der Waals surface area contributed by atoms with E-state index in [0.29, 0.717) is 23.6 Å². The Bertz CT molecular complexity index is 718. The van der Waals surface area contributed by atoms with Crippen LogP contribution in [0.5, 0.6) is 0 Å². The predicted octanol–water partition coefficient (Wildman–Crippen LogP) is 1.71. The molecule has 1 N–H and O–H groups in total. The van der Waals surface area contributed by atoms with E-state index in [2.05, 4.69) is 20.1 Å². The highest BCUT2D eigenvalue weighted by Crippen LogP contribution is 2.24. The summed E-state index contributed by atoms with van der Waals surface area (Å²) in [7, 11) is 0. The predicted molar refractivity (Wildman–Crippen MR) is 77.2 cm³/mol. The van der Waals surface area contributed by atoms with E-state index < -0.39 is 12.7 Å². The maximum atomic E-state index is 12.3. The Morgan fingerprint density at radius 2 is 2.36 bits per heavy atom. The quantitative estimate of drug-likeness (QED) is 0.904. The average Bonchev–Trinajstić information content (AvgIpc) is 3.02. The molecule has 0 saturated heterocycles. The Morgan fingerprint density at radius 3 is 3.14 bits per heavy atom. The normalized spacial score (nSPS) is 22.0. The van der Waals surface area contributed by atoms with Crippen molar-refractivity contribution in [3.05, 3.63) is 27.1 Å². The van der Waals surface area contributed by atoms with Crippen molar-refractivity contribution >= 4 is 16.3 Å². The zero-order chi connectivity index (χ0) is 15.7. The van der Waals surface area contributed by atoms with Gasteiger partial charge in [0.1, 0.15) is 5.01 Å². The number of halogens is 2. The number of alkyl halides is 2. The van der Waals surface area contributed by atoms with Gasteiger partial charge >= 0.3 is 6.61 Å². The van der Waals surface area contributed by atoms with Gasteiger partial charge < -0.3 is 10.1 Å². The lowest BCUT2D eigenvalue weighted by Gasteiger charge is -2.20. The lowest BCUT2D eigenvalue weighted by Crippen LogP contribution is -2.38. The topological polar surface area (TPSA) is 68.5 Å². The van der Waals surface area contributed by atoms with Crippen molar-refractivity contribution in [2.75, 3.05) is 0 Å². The summed E-state index contributed by atoms with van der Waals surface area (Å²) < 4.78 is 30.6. The van der Waals surface area contributed by atoms with Crippen molar-refractivity contribution < 1.29 is 13.5 Å². The van der Waals surface area contributed by atoms with E-state index in [0.717, 1.165) is 17.8 Å². The van der Waals surface area contributed by atoms with Crippen LogP contribution in [0, 0.1) is 6.92 Å². The van der Waals surface area contributed by atoms with Gasteiger partial charge in [0.15, 0.2) is 0 Å². The number of aryl methyl sites for hydroxylation is 1. The third-order valence-corrected chi connectivity index (χ3v) is 4.50. The van der Waals surface area contributed by atoms with Gasteiger partial charge in [0, 0.05) is 18.7 Å². The SMILES string of the molecule is Cc1nn2c(=O)cc(CN[C@@H]3CCC[C@H]3OC(F)F)nc2s1. The molecule has 2 atom stereocenters. The van der Waals surface area contributed by atoms with Gasteiger partial charge in [0.2, 0.25) is 4.96 Å². The fourth-order valence-corrected chi connectivity index (χ4v) is 3.50. The van der Waals surface area contributed by atoms with E-state index in [1.807, 2.05) is 6.92 Å². The summed E-state index contributed by atoms with van der Waals surface area (Å²) in [4.78, 5) is 16.8. The van der Waals surface area contributed by atoms with Crippen LogP contribution in [-0.2, 0) is 11.3 Å². The first-order chi connectivity index (χ1) is 10.5. The number of fused-ring (bicyclic) bond motifs is 1. The highest BCUT2D eigenvalue weighted by Gasteiger charge is 2.30. The van der Waals surface area contributed by atoms with E-state index in [9.17, 15) is 13.6 Å². The number of hydrogen-bond donors (Lipinski definition) is 1. The second-order valence-electron chi connectivity index (χ2n) is 5.25. The molecule has 120 valence electrons. The standard InChI is InChI=1S/C13H16F2N4O2S/c1-7-18-19-11(20)5-8(17-13(19)22-7)6-16-9-3-2-4-10(9)21-12(14)15/h5,9-10,12,16H,2-4,6H2,1H3/t9-,10-/m1/s1. The molecule has 2 aromatic heterocycles. The zero-order valence-electron chi connectivity index (χ0n) is 12.0. The molecule has 0 amide bonds. The number of hydrogen-bond acceptors (Lipinski definition) is 6. The smallest absolute Gasteiger partial charge is 0.318 e. The number of ether oxygens (including phenoxy) is 1. The largest absolute Gasteiger partial charge is 0.345 e. The number of nitrogens with zero attached hydrogens (tertiary/aromatic N) is 3. The average molecular weight is 330 g/mol. The Labute approximate surface area is 129 Å². The second kappa shape index (κ2) is 6.35. The van der Waals surface area contributed by atoms with Crippen molar-refractivity contribution in [3.8, 4) is 0 Å². The maximum absolute atomic E-state index is 12.3. The van der Waals surface area contributed by atoms with Gasteiger partial charge in [0.25, 0.3) is 5.56 Å². The third kappa shape index (κ3) is 3.31. The first-order valence-electron chi connectivity index (χ1n) is 7.06. The Kier molecular flexibility index (Phi) is 4.46. The molecule has 0 unspecified atom stereocenters. The van der Waals surface area contributed by atoms with Crippen LogP contribution in [0.4, 0.5) is 8.78 Å². The van der Waals surface area contributed by atoms with Crippen molar-refractivity contribution in [3.63, 3.8) is 0 Å². The summed E-state index contributed by atoms with van der Waals surface area (Å²) in [6.45, 7) is -0.607. The molecule has 0 aliphatic heterocycles. The van der Waals surface area contributed by atoms with Gasteiger partial charge in [-0.2, -0.15) is 18.4 Å². The highest BCUT2D eigenvalue weighted by atomic mass is 32.1. The molecule has 2 aromatic rings. The summed E-state index contributed by atoms with van der Waals surface area (Å²) in [6, 6.07) is 1.27. The molecule has 1 aliphatic carbocycles. The Hall–Kier alpha value is -1.45. The molecule has 0 radical (unpaired) electrons. The van der Waals surface area contributed by atoms with Crippen LogP contribution >= 0.6 is 11.3 Å². The molecule has 22 heavy (non-hydrogen) atoms. The van der Waals surface area contributed by atoms with Crippen LogP contribution in [0.25, 0.3) is 4.96 Å². The van der Waals surface area contributed by atoms with Gasteiger partial charge in [-0.15, -0.1) is 0 Å². The van der Waals surface area contributed by atoms with Crippen molar-refractivity contribution in [1.82, 2.24) is 19.9 Å². The molecule has 0 bridgehead atoms. The maximum Gasteiger partial charge on any atom is 0.345 e. The fraction of sp³-hybridized carbons (Fsp3) is 0.615. The van der Waals surface area contributed by atoms with E-state index in [1.54, 1.807) is 0 Å². The fourth-order valence-electron chi connectivity index (χ4n) is 2.73. The van der Waals surface area contributed by atoms with E-state index in [4.69, 9.17) is 0 Å².